The van der Waals surface area contributed by atoms with E-state index in [9.17, 15) is 0 Å². The Kier molecular flexibility index (Phi) is 6.34. The van der Waals surface area contributed by atoms with Gasteiger partial charge in [-0.3, -0.25) is 0 Å². The molecule has 1 aromatic rings. The molecule has 1 aromatic carbocycles. The highest BCUT2D eigenvalue weighted by atomic mass is 16.5. The summed E-state index contributed by atoms with van der Waals surface area (Å²) in [6.45, 7) is 2.32. The number of ether oxygens (including phenoxy) is 1. The summed E-state index contributed by atoms with van der Waals surface area (Å²) in [5.74, 6) is 0. The van der Waals surface area contributed by atoms with E-state index in [0.717, 1.165) is 19.6 Å². The van der Waals surface area contributed by atoms with E-state index in [-0.39, 0.29) is 6.61 Å². The van der Waals surface area contributed by atoms with Gasteiger partial charge in [-0.25, -0.2) is 0 Å². The molecule has 0 fully saturated rings. The van der Waals surface area contributed by atoms with Crippen LogP contribution in [0.5, 0.6) is 0 Å². The SMILES string of the molecule is OCCOCCCNC1CCc2ccccc2CC1. The number of nitrogens with one attached hydrogen (secondary N) is 1. The molecule has 0 aromatic heterocycles. The molecule has 0 saturated carbocycles. The number of aryl methyl sites for hydroxylation is 2. The summed E-state index contributed by atoms with van der Waals surface area (Å²) >= 11 is 0. The molecular formula is C16H25NO2. The molecule has 2 rings (SSSR count). The molecule has 0 heterocycles. The van der Waals surface area contributed by atoms with Crippen molar-refractivity contribution in [3.63, 3.8) is 0 Å². The van der Waals surface area contributed by atoms with Crippen molar-refractivity contribution in [2.75, 3.05) is 26.4 Å². The van der Waals surface area contributed by atoms with Crippen LogP contribution in [0.15, 0.2) is 24.3 Å². The third kappa shape index (κ3) is 4.94. The molecule has 19 heavy (non-hydrogen) atoms. The first kappa shape index (κ1) is 14.5. The Labute approximate surface area is 116 Å². The molecule has 0 amide bonds. The summed E-state index contributed by atoms with van der Waals surface area (Å²) in [4.78, 5) is 0. The Balaban J connectivity index is 1.65. The molecule has 0 radical (unpaired) electrons. The van der Waals surface area contributed by atoms with Crippen LogP contribution in [0.4, 0.5) is 0 Å². The molecule has 106 valence electrons. The van der Waals surface area contributed by atoms with E-state index < -0.39 is 0 Å². The standard InChI is InChI=1S/C16H25NO2/c18-11-13-19-12-3-10-17-16-8-6-14-4-1-2-5-15(14)7-9-16/h1-2,4-5,16-18H,3,6-13H2. The zero-order valence-electron chi connectivity index (χ0n) is 11.6. The highest BCUT2D eigenvalue weighted by Crippen LogP contribution is 2.20. The van der Waals surface area contributed by atoms with Crippen molar-refractivity contribution in [3.8, 4) is 0 Å². The van der Waals surface area contributed by atoms with Crippen LogP contribution in [0.3, 0.4) is 0 Å². The van der Waals surface area contributed by atoms with Crippen LogP contribution in [-0.2, 0) is 17.6 Å². The van der Waals surface area contributed by atoms with Gasteiger partial charge in [-0.05, 0) is 49.8 Å². The molecule has 3 nitrogen and oxygen atoms in total. The molecular weight excluding hydrogens is 238 g/mol. The van der Waals surface area contributed by atoms with Crippen molar-refractivity contribution in [2.45, 2.75) is 38.1 Å². The number of fused-ring (bicyclic) bond motifs is 1. The third-order valence-corrected chi connectivity index (χ3v) is 3.78. The Hall–Kier alpha value is -0.900. The highest BCUT2D eigenvalue weighted by Gasteiger charge is 2.14. The van der Waals surface area contributed by atoms with Crippen molar-refractivity contribution in [1.82, 2.24) is 5.32 Å². The largest absolute Gasteiger partial charge is 0.394 e. The Morgan fingerprint density at radius 1 is 1.11 bits per heavy atom. The fourth-order valence-corrected chi connectivity index (χ4v) is 2.70. The van der Waals surface area contributed by atoms with Gasteiger partial charge in [0.05, 0.1) is 13.2 Å². The minimum Gasteiger partial charge on any atom is -0.394 e. The van der Waals surface area contributed by atoms with Crippen molar-refractivity contribution in [3.05, 3.63) is 35.4 Å². The monoisotopic (exact) mass is 263 g/mol. The summed E-state index contributed by atoms with van der Waals surface area (Å²) in [6.07, 6.45) is 5.86. The van der Waals surface area contributed by atoms with Gasteiger partial charge in [0.25, 0.3) is 0 Å². The predicted octanol–water partition coefficient (Wildman–Crippen LogP) is 1.92. The molecule has 2 N–H and O–H groups in total. The first-order chi connectivity index (χ1) is 9.40. The third-order valence-electron chi connectivity index (χ3n) is 3.78. The molecule has 0 bridgehead atoms. The lowest BCUT2D eigenvalue weighted by atomic mass is 10.0. The summed E-state index contributed by atoms with van der Waals surface area (Å²) < 4.78 is 5.26. The molecule has 3 heteroatoms. The summed E-state index contributed by atoms with van der Waals surface area (Å²) in [6, 6.07) is 9.45. The van der Waals surface area contributed by atoms with Crippen LogP contribution in [0.1, 0.15) is 30.4 Å². The fraction of sp³-hybridized carbons (Fsp3) is 0.625. The minimum absolute atomic E-state index is 0.119. The lowest BCUT2D eigenvalue weighted by molar-refractivity contribution is 0.0903. The molecule has 1 aliphatic rings. The van der Waals surface area contributed by atoms with Gasteiger partial charge in [0.2, 0.25) is 0 Å². The van der Waals surface area contributed by atoms with E-state index in [1.807, 2.05) is 0 Å². The molecule has 1 aliphatic carbocycles. The number of benzene rings is 1. The van der Waals surface area contributed by atoms with Gasteiger partial charge < -0.3 is 15.2 Å². The summed E-state index contributed by atoms with van der Waals surface area (Å²) in [5.41, 5.74) is 3.05. The Bertz CT molecular complexity index is 341. The second-order valence-corrected chi connectivity index (χ2v) is 5.19. The molecule has 0 spiro atoms. The number of hydrogen-bond acceptors (Lipinski definition) is 3. The quantitative estimate of drug-likeness (QED) is 0.583. The zero-order valence-corrected chi connectivity index (χ0v) is 11.6. The van der Waals surface area contributed by atoms with E-state index in [2.05, 4.69) is 29.6 Å². The van der Waals surface area contributed by atoms with E-state index in [0.29, 0.717) is 12.6 Å². The Morgan fingerprint density at radius 2 is 1.79 bits per heavy atom. The number of aliphatic hydroxyl groups is 1. The first-order valence-electron chi connectivity index (χ1n) is 7.39. The minimum atomic E-state index is 0.119. The highest BCUT2D eigenvalue weighted by molar-refractivity contribution is 5.28. The smallest absolute Gasteiger partial charge is 0.0697 e. The average molecular weight is 263 g/mol. The molecule has 0 saturated heterocycles. The number of hydrogen-bond donors (Lipinski definition) is 2. The van der Waals surface area contributed by atoms with E-state index in [1.54, 1.807) is 0 Å². The van der Waals surface area contributed by atoms with Crippen molar-refractivity contribution >= 4 is 0 Å². The summed E-state index contributed by atoms with van der Waals surface area (Å²) in [5, 5.41) is 12.2. The van der Waals surface area contributed by atoms with Gasteiger partial charge in [-0.1, -0.05) is 24.3 Å². The second kappa shape index (κ2) is 8.31. The van der Waals surface area contributed by atoms with Gasteiger partial charge in [0.15, 0.2) is 0 Å². The summed E-state index contributed by atoms with van der Waals surface area (Å²) in [7, 11) is 0. The lowest BCUT2D eigenvalue weighted by Crippen LogP contribution is -2.30. The zero-order chi connectivity index (χ0) is 13.3. The van der Waals surface area contributed by atoms with Crippen LogP contribution < -0.4 is 5.32 Å². The average Bonchev–Trinajstić information content (AvgIpc) is 2.65. The van der Waals surface area contributed by atoms with Crippen molar-refractivity contribution in [1.29, 1.82) is 0 Å². The van der Waals surface area contributed by atoms with Gasteiger partial charge in [-0.2, -0.15) is 0 Å². The maximum Gasteiger partial charge on any atom is 0.0697 e. The predicted molar refractivity (Wildman–Crippen MR) is 77.4 cm³/mol. The van der Waals surface area contributed by atoms with Crippen LogP contribution in [0.2, 0.25) is 0 Å². The fourth-order valence-electron chi connectivity index (χ4n) is 2.70. The van der Waals surface area contributed by atoms with Crippen molar-refractivity contribution in [2.24, 2.45) is 0 Å². The van der Waals surface area contributed by atoms with E-state index in [4.69, 9.17) is 9.84 Å². The first-order valence-corrected chi connectivity index (χ1v) is 7.39. The van der Waals surface area contributed by atoms with E-state index >= 15 is 0 Å². The van der Waals surface area contributed by atoms with Gasteiger partial charge in [0, 0.05) is 12.6 Å². The van der Waals surface area contributed by atoms with Gasteiger partial charge in [-0.15, -0.1) is 0 Å². The van der Waals surface area contributed by atoms with Crippen LogP contribution >= 0.6 is 0 Å². The van der Waals surface area contributed by atoms with Crippen LogP contribution in [-0.4, -0.2) is 37.5 Å². The maximum atomic E-state index is 8.60. The molecule has 0 atom stereocenters. The number of aliphatic hydroxyl groups excluding tert-OH is 1. The van der Waals surface area contributed by atoms with E-state index in [1.165, 1.54) is 36.8 Å². The lowest BCUT2D eigenvalue weighted by Gasteiger charge is -2.16. The number of rotatable bonds is 7. The topological polar surface area (TPSA) is 41.5 Å². The van der Waals surface area contributed by atoms with Crippen molar-refractivity contribution < 1.29 is 9.84 Å². The van der Waals surface area contributed by atoms with Gasteiger partial charge in [0.1, 0.15) is 0 Å². The molecule has 0 aliphatic heterocycles. The second-order valence-electron chi connectivity index (χ2n) is 5.19. The Morgan fingerprint density at radius 3 is 2.42 bits per heavy atom. The van der Waals surface area contributed by atoms with Crippen LogP contribution in [0, 0.1) is 0 Å². The maximum absolute atomic E-state index is 8.60. The normalized spacial score (nSPS) is 16.1. The van der Waals surface area contributed by atoms with Crippen LogP contribution in [0.25, 0.3) is 0 Å². The van der Waals surface area contributed by atoms with Gasteiger partial charge >= 0.3 is 0 Å². The molecule has 0 unspecified atom stereocenters.